The fraction of sp³-hybridized carbons (Fsp3) is 0.412. The van der Waals surface area contributed by atoms with Gasteiger partial charge in [0.25, 0.3) is 5.91 Å². The summed E-state index contributed by atoms with van der Waals surface area (Å²) in [7, 11) is 0. The number of pyridine rings is 1. The molecule has 21 heavy (non-hydrogen) atoms. The molecule has 1 aromatic carbocycles. The number of nitrogens with one attached hydrogen (secondary N) is 2. The molecule has 1 saturated carbocycles. The largest absolute Gasteiger partial charge is 0.370 e. The number of hydrogen-bond donors (Lipinski definition) is 2. The Balaban J connectivity index is 1.88. The van der Waals surface area contributed by atoms with Gasteiger partial charge in [-0.15, -0.1) is 0 Å². The highest BCUT2D eigenvalue weighted by atomic mass is 16.1. The zero-order valence-corrected chi connectivity index (χ0v) is 12.6. The number of hydrogen-bond acceptors (Lipinski definition) is 3. The molecule has 0 atom stereocenters. The van der Waals surface area contributed by atoms with Gasteiger partial charge in [-0.2, -0.15) is 0 Å². The van der Waals surface area contributed by atoms with Gasteiger partial charge < -0.3 is 10.6 Å². The van der Waals surface area contributed by atoms with E-state index >= 15 is 0 Å². The minimum atomic E-state index is -0.0898. The Morgan fingerprint density at radius 3 is 2.81 bits per heavy atom. The maximum Gasteiger partial charge on any atom is 0.270 e. The molecule has 0 radical (unpaired) electrons. The molecule has 2 N–H and O–H groups in total. The number of carbonyl (C=O) groups is 1. The van der Waals surface area contributed by atoms with Gasteiger partial charge in [0.2, 0.25) is 0 Å². The van der Waals surface area contributed by atoms with Crippen molar-refractivity contribution in [3.8, 4) is 0 Å². The third-order valence-electron chi connectivity index (χ3n) is 4.10. The van der Waals surface area contributed by atoms with E-state index in [4.69, 9.17) is 0 Å². The van der Waals surface area contributed by atoms with Gasteiger partial charge in [0.15, 0.2) is 0 Å². The van der Waals surface area contributed by atoms with Crippen molar-refractivity contribution >= 4 is 22.5 Å². The van der Waals surface area contributed by atoms with Gasteiger partial charge in [-0.1, -0.05) is 31.2 Å². The van der Waals surface area contributed by atoms with E-state index in [1.165, 1.54) is 12.8 Å². The molecule has 4 nitrogen and oxygen atoms in total. The van der Waals surface area contributed by atoms with Crippen LogP contribution in [-0.4, -0.2) is 24.0 Å². The van der Waals surface area contributed by atoms with Crippen LogP contribution < -0.4 is 10.6 Å². The predicted molar refractivity (Wildman–Crippen MR) is 85.6 cm³/mol. The van der Waals surface area contributed by atoms with E-state index in [1.54, 1.807) is 0 Å². The third kappa shape index (κ3) is 2.99. The molecule has 1 aliphatic carbocycles. The van der Waals surface area contributed by atoms with Gasteiger partial charge in [-0.3, -0.25) is 4.79 Å². The first-order valence-corrected chi connectivity index (χ1v) is 7.53. The van der Waals surface area contributed by atoms with Crippen LogP contribution in [-0.2, 0) is 0 Å². The minimum Gasteiger partial charge on any atom is -0.370 e. The fourth-order valence-corrected chi connectivity index (χ4v) is 2.39. The van der Waals surface area contributed by atoms with E-state index in [2.05, 4.69) is 22.5 Å². The fourth-order valence-electron chi connectivity index (χ4n) is 2.39. The lowest BCUT2D eigenvalue weighted by molar-refractivity contribution is 0.0941. The second-order valence-electron chi connectivity index (χ2n) is 6.10. The van der Waals surface area contributed by atoms with Crippen LogP contribution in [0.2, 0.25) is 0 Å². The molecule has 110 valence electrons. The van der Waals surface area contributed by atoms with Gasteiger partial charge in [-0.05, 0) is 36.6 Å². The number of rotatable bonds is 5. The predicted octanol–water partition coefficient (Wildman–Crippen LogP) is 3.20. The Hall–Kier alpha value is -2.10. The molecule has 1 fully saturated rings. The topological polar surface area (TPSA) is 54.0 Å². The highest BCUT2D eigenvalue weighted by Crippen LogP contribution is 2.44. The molecule has 1 aliphatic rings. The monoisotopic (exact) mass is 283 g/mol. The van der Waals surface area contributed by atoms with E-state index in [1.807, 2.05) is 37.3 Å². The third-order valence-corrected chi connectivity index (χ3v) is 4.10. The summed E-state index contributed by atoms with van der Waals surface area (Å²) in [6.45, 7) is 5.74. The summed E-state index contributed by atoms with van der Waals surface area (Å²) in [5.74, 6) is 0.686. The minimum absolute atomic E-state index is 0.0898. The number of fused-ring (bicyclic) bond motifs is 1. The van der Waals surface area contributed by atoms with Crippen molar-refractivity contribution in [3.05, 3.63) is 36.0 Å². The zero-order valence-electron chi connectivity index (χ0n) is 12.6. The van der Waals surface area contributed by atoms with Crippen LogP contribution in [0, 0.1) is 5.41 Å². The first-order chi connectivity index (χ1) is 10.1. The highest BCUT2D eigenvalue weighted by Gasteiger charge is 2.37. The van der Waals surface area contributed by atoms with Crippen LogP contribution in [0.4, 0.5) is 5.82 Å². The second-order valence-corrected chi connectivity index (χ2v) is 6.10. The van der Waals surface area contributed by atoms with Gasteiger partial charge in [0, 0.05) is 18.5 Å². The van der Waals surface area contributed by atoms with Gasteiger partial charge >= 0.3 is 0 Å². The van der Waals surface area contributed by atoms with Gasteiger partial charge in [0.05, 0.1) is 0 Å². The van der Waals surface area contributed by atoms with Crippen molar-refractivity contribution < 1.29 is 4.79 Å². The van der Waals surface area contributed by atoms with Crippen molar-refractivity contribution in [2.75, 3.05) is 18.4 Å². The van der Waals surface area contributed by atoms with Crippen molar-refractivity contribution in [1.29, 1.82) is 0 Å². The van der Waals surface area contributed by atoms with Crippen molar-refractivity contribution in [2.24, 2.45) is 5.41 Å². The van der Waals surface area contributed by atoms with Crippen molar-refractivity contribution in [3.63, 3.8) is 0 Å². The average molecular weight is 283 g/mol. The summed E-state index contributed by atoms with van der Waals surface area (Å²) >= 11 is 0. The SMILES string of the molecule is CCNc1nc(C(=O)NCC2(C)CC2)cc2ccccc12. The van der Waals surface area contributed by atoms with Crippen LogP contribution in [0.5, 0.6) is 0 Å². The average Bonchev–Trinajstić information content (AvgIpc) is 3.23. The molecule has 1 heterocycles. The first kappa shape index (κ1) is 13.9. The quantitative estimate of drug-likeness (QED) is 0.886. The summed E-state index contributed by atoms with van der Waals surface area (Å²) in [5.41, 5.74) is 0.783. The summed E-state index contributed by atoms with van der Waals surface area (Å²) < 4.78 is 0. The Labute approximate surface area is 125 Å². The van der Waals surface area contributed by atoms with Crippen LogP contribution in [0.15, 0.2) is 30.3 Å². The highest BCUT2D eigenvalue weighted by molar-refractivity contribution is 6.00. The summed E-state index contributed by atoms with van der Waals surface area (Å²) in [4.78, 5) is 16.8. The first-order valence-electron chi connectivity index (χ1n) is 7.53. The van der Waals surface area contributed by atoms with Crippen molar-refractivity contribution in [1.82, 2.24) is 10.3 Å². The Morgan fingerprint density at radius 2 is 2.10 bits per heavy atom. The molecule has 0 aliphatic heterocycles. The molecule has 2 aromatic rings. The molecule has 0 saturated heterocycles. The number of carbonyl (C=O) groups excluding carboxylic acids is 1. The Morgan fingerprint density at radius 1 is 1.33 bits per heavy atom. The standard InChI is InChI=1S/C17H21N3O/c1-3-18-15-13-7-5-4-6-12(13)10-14(20-15)16(21)19-11-17(2)8-9-17/h4-7,10H,3,8-9,11H2,1-2H3,(H,18,20)(H,19,21). The molecule has 1 aromatic heterocycles. The molecule has 1 amide bonds. The molecule has 4 heteroatoms. The lowest BCUT2D eigenvalue weighted by Gasteiger charge is -2.12. The van der Waals surface area contributed by atoms with Crippen molar-refractivity contribution in [2.45, 2.75) is 26.7 Å². The van der Waals surface area contributed by atoms with E-state index in [9.17, 15) is 4.79 Å². The lowest BCUT2D eigenvalue weighted by Crippen LogP contribution is -2.29. The maximum atomic E-state index is 12.3. The number of anilines is 1. The van der Waals surface area contributed by atoms with Gasteiger partial charge in [0.1, 0.15) is 11.5 Å². The van der Waals surface area contributed by atoms with E-state index in [0.717, 1.165) is 29.7 Å². The smallest absolute Gasteiger partial charge is 0.270 e. The van der Waals surface area contributed by atoms with Gasteiger partial charge in [-0.25, -0.2) is 4.98 Å². The molecule has 0 spiro atoms. The number of nitrogens with zero attached hydrogens (tertiary/aromatic N) is 1. The maximum absolute atomic E-state index is 12.3. The van der Waals surface area contributed by atoms with Crippen LogP contribution in [0.3, 0.4) is 0 Å². The normalized spacial score (nSPS) is 15.7. The van der Waals surface area contributed by atoms with E-state index < -0.39 is 0 Å². The van der Waals surface area contributed by atoms with E-state index in [-0.39, 0.29) is 5.91 Å². The molecular formula is C17H21N3O. The van der Waals surface area contributed by atoms with Crippen LogP contribution >= 0.6 is 0 Å². The molecule has 0 unspecified atom stereocenters. The summed E-state index contributed by atoms with van der Waals surface area (Å²) in [6, 6.07) is 9.86. The Kier molecular flexibility index (Phi) is 3.53. The number of benzene rings is 1. The lowest BCUT2D eigenvalue weighted by atomic mass is 10.1. The number of amides is 1. The second kappa shape index (κ2) is 5.35. The Bertz CT molecular complexity index is 677. The zero-order chi connectivity index (χ0) is 14.9. The summed E-state index contributed by atoms with van der Waals surface area (Å²) in [6.07, 6.45) is 2.39. The number of aromatic nitrogens is 1. The molecular weight excluding hydrogens is 262 g/mol. The molecule has 0 bridgehead atoms. The summed E-state index contributed by atoms with van der Waals surface area (Å²) in [5, 5.41) is 8.33. The van der Waals surface area contributed by atoms with Crippen LogP contribution in [0.1, 0.15) is 37.2 Å². The van der Waals surface area contributed by atoms with E-state index in [0.29, 0.717) is 11.1 Å². The molecule has 3 rings (SSSR count). The van der Waals surface area contributed by atoms with Crippen LogP contribution in [0.25, 0.3) is 10.8 Å².